The highest BCUT2D eigenvalue weighted by Crippen LogP contribution is 2.08. The predicted octanol–water partition coefficient (Wildman–Crippen LogP) is 2.57. The molecule has 0 aliphatic carbocycles. The van der Waals surface area contributed by atoms with Crippen molar-refractivity contribution in [2.45, 2.75) is 58.2 Å². The largest absolute Gasteiger partial charge is 0.230 e. The van der Waals surface area contributed by atoms with Crippen LogP contribution in [0.1, 0.15) is 46.0 Å². The Morgan fingerprint density at radius 2 is 1.73 bits per heavy atom. The maximum Gasteiger partial charge on any atom is 0.122 e. The van der Waals surface area contributed by atoms with Crippen molar-refractivity contribution in [3.8, 4) is 0 Å². The normalized spacial score (nSPS) is 16.4. The smallest absolute Gasteiger partial charge is 0.122 e. The summed E-state index contributed by atoms with van der Waals surface area (Å²) in [6.07, 6.45) is 3.13. The lowest BCUT2D eigenvalue weighted by Crippen LogP contribution is -2.19. The minimum atomic E-state index is -0.934. The summed E-state index contributed by atoms with van der Waals surface area (Å²) >= 11 is 0. The van der Waals surface area contributed by atoms with E-state index in [1.807, 2.05) is 0 Å². The summed E-state index contributed by atoms with van der Waals surface area (Å²) in [6, 6.07) is 0. The first-order valence-electron chi connectivity index (χ1n) is 4.50. The number of hydrogen-bond donors (Lipinski definition) is 0. The van der Waals surface area contributed by atoms with Gasteiger partial charge >= 0.3 is 0 Å². The van der Waals surface area contributed by atoms with Crippen LogP contribution in [0.15, 0.2) is 0 Å². The van der Waals surface area contributed by atoms with Crippen LogP contribution in [0.4, 0.5) is 0 Å². The molecule has 0 aromatic rings. The topological polar surface area (TPSA) is 39.8 Å². The molecule has 0 N–H and O–H groups in total. The zero-order chi connectivity index (χ0) is 8.69. The van der Waals surface area contributed by atoms with Gasteiger partial charge in [-0.1, -0.05) is 32.6 Å². The molecule has 0 bridgehead atoms. The third kappa shape index (κ3) is 6.32. The minimum absolute atomic E-state index is 0.560. The van der Waals surface area contributed by atoms with Crippen molar-refractivity contribution < 1.29 is 10.2 Å². The van der Waals surface area contributed by atoms with Crippen molar-refractivity contribution in [2.24, 2.45) is 0 Å². The van der Waals surface area contributed by atoms with Crippen molar-refractivity contribution in [1.29, 1.82) is 0 Å². The summed E-state index contributed by atoms with van der Waals surface area (Å²) in [5.41, 5.74) is 0. The van der Waals surface area contributed by atoms with E-state index in [0.29, 0.717) is 6.42 Å². The van der Waals surface area contributed by atoms with Gasteiger partial charge in [-0.25, -0.2) is 10.2 Å². The molecule has 66 valence electrons. The fourth-order valence-corrected chi connectivity index (χ4v) is 1.01. The highest BCUT2D eigenvalue weighted by atomic mass is 16.3. The zero-order valence-electron chi connectivity index (χ0n) is 7.51. The molecule has 0 aromatic carbocycles. The molecule has 0 saturated carbocycles. The molecule has 0 aliphatic rings. The molecule has 2 atom stereocenters. The van der Waals surface area contributed by atoms with Crippen LogP contribution < -0.4 is 0 Å². The average molecular weight is 158 g/mol. The van der Waals surface area contributed by atoms with Crippen LogP contribution in [-0.4, -0.2) is 12.2 Å². The van der Waals surface area contributed by atoms with Crippen molar-refractivity contribution >= 4 is 0 Å². The molecule has 0 heterocycles. The van der Waals surface area contributed by atoms with Crippen LogP contribution >= 0.6 is 0 Å². The van der Waals surface area contributed by atoms with Gasteiger partial charge in [0.05, 0.1) is 0 Å². The average Bonchev–Trinajstić information content (AvgIpc) is 1.97. The Kier molecular flexibility index (Phi) is 6.57. The number of hydrogen-bond acceptors (Lipinski definition) is 0. The molecular formula is C9H18O2. The summed E-state index contributed by atoms with van der Waals surface area (Å²) in [4.78, 5) is 0. The van der Waals surface area contributed by atoms with E-state index in [2.05, 4.69) is 6.92 Å². The van der Waals surface area contributed by atoms with Gasteiger partial charge < -0.3 is 0 Å². The van der Waals surface area contributed by atoms with Crippen LogP contribution in [0.25, 0.3) is 0 Å². The lowest BCUT2D eigenvalue weighted by molar-refractivity contribution is -0.0544. The van der Waals surface area contributed by atoms with E-state index in [1.165, 1.54) is 19.8 Å². The van der Waals surface area contributed by atoms with Gasteiger partial charge in [0.15, 0.2) is 0 Å². The molecule has 2 nitrogen and oxygen atoms in total. The third-order valence-corrected chi connectivity index (χ3v) is 1.87. The summed E-state index contributed by atoms with van der Waals surface area (Å²) in [5.74, 6) is 0. The van der Waals surface area contributed by atoms with Crippen molar-refractivity contribution in [2.75, 3.05) is 0 Å². The van der Waals surface area contributed by atoms with Gasteiger partial charge in [-0.2, -0.15) is 0 Å². The van der Waals surface area contributed by atoms with Crippen LogP contribution in [0, 0.1) is 0 Å². The number of rotatable bonds is 6. The summed E-state index contributed by atoms with van der Waals surface area (Å²) in [5, 5.41) is 21.5. The maximum atomic E-state index is 10.9. The lowest BCUT2D eigenvalue weighted by Gasteiger charge is -2.07. The maximum absolute atomic E-state index is 10.9. The molecule has 2 radical (unpaired) electrons. The van der Waals surface area contributed by atoms with Crippen LogP contribution in [0.3, 0.4) is 0 Å². The molecule has 11 heavy (non-hydrogen) atoms. The van der Waals surface area contributed by atoms with Crippen molar-refractivity contribution in [1.82, 2.24) is 0 Å². The quantitative estimate of drug-likeness (QED) is 0.533. The van der Waals surface area contributed by atoms with Crippen LogP contribution in [-0.2, 0) is 10.2 Å². The molecule has 0 saturated heterocycles. The van der Waals surface area contributed by atoms with Gasteiger partial charge in [-0.3, -0.25) is 0 Å². The Hall–Kier alpha value is -0.0800. The monoisotopic (exact) mass is 158 g/mol. The van der Waals surface area contributed by atoms with Crippen LogP contribution in [0.2, 0.25) is 0 Å². The Bertz CT molecular complexity index is 81.6. The van der Waals surface area contributed by atoms with Gasteiger partial charge in [0.1, 0.15) is 12.2 Å². The second kappa shape index (κ2) is 6.62. The standard InChI is InChI=1S/C9H18O2/c1-3-4-5-6-7-9(11)8(2)10/h8-9H,3-7H2,1-2H3. The Labute approximate surface area is 69.2 Å². The van der Waals surface area contributed by atoms with Gasteiger partial charge in [0.25, 0.3) is 0 Å². The van der Waals surface area contributed by atoms with E-state index in [4.69, 9.17) is 0 Å². The molecule has 0 aliphatic heterocycles. The molecule has 0 aromatic heterocycles. The Morgan fingerprint density at radius 1 is 1.09 bits per heavy atom. The molecule has 0 rings (SSSR count). The first-order chi connectivity index (χ1) is 5.18. The van der Waals surface area contributed by atoms with Gasteiger partial charge in [0, 0.05) is 0 Å². The minimum Gasteiger partial charge on any atom is -0.230 e. The summed E-state index contributed by atoms with van der Waals surface area (Å²) in [7, 11) is 0. The van der Waals surface area contributed by atoms with E-state index < -0.39 is 12.2 Å². The first kappa shape index (κ1) is 10.9. The zero-order valence-corrected chi connectivity index (χ0v) is 7.51. The van der Waals surface area contributed by atoms with Gasteiger partial charge in [0.2, 0.25) is 0 Å². The summed E-state index contributed by atoms with van der Waals surface area (Å²) in [6.45, 7) is 3.59. The molecular weight excluding hydrogens is 140 g/mol. The SMILES string of the molecule is CCCCCCC([O])C(C)[O]. The fourth-order valence-electron chi connectivity index (χ4n) is 1.01. The second-order valence-electron chi connectivity index (χ2n) is 3.09. The van der Waals surface area contributed by atoms with E-state index >= 15 is 0 Å². The highest BCUT2D eigenvalue weighted by molar-refractivity contribution is 4.60. The predicted molar refractivity (Wildman–Crippen MR) is 43.4 cm³/mol. The molecule has 0 amide bonds. The van der Waals surface area contributed by atoms with E-state index in [1.54, 1.807) is 0 Å². The Balaban J connectivity index is 3.10. The van der Waals surface area contributed by atoms with Crippen molar-refractivity contribution in [3.63, 3.8) is 0 Å². The van der Waals surface area contributed by atoms with E-state index in [-0.39, 0.29) is 0 Å². The van der Waals surface area contributed by atoms with E-state index in [9.17, 15) is 10.2 Å². The number of unbranched alkanes of at least 4 members (excludes halogenated alkanes) is 3. The molecule has 0 spiro atoms. The van der Waals surface area contributed by atoms with Gasteiger partial charge in [-0.15, -0.1) is 0 Å². The van der Waals surface area contributed by atoms with Gasteiger partial charge in [-0.05, 0) is 13.3 Å². The van der Waals surface area contributed by atoms with E-state index in [0.717, 1.165) is 12.8 Å². The van der Waals surface area contributed by atoms with Crippen molar-refractivity contribution in [3.05, 3.63) is 0 Å². The third-order valence-electron chi connectivity index (χ3n) is 1.87. The first-order valence-corrected chi connectivity index (χ1v) is 4.50. The molecule has 2 heteroatoms. The summed E-state index contributed by atoms with van der Waals surface area (Å²) < 4.78 is 0. The molecule has 0 fully saturated rings. The fraction of sp³-hybridized carbons (Fsp3) is 1.00. The molecule has 2 unspecified atom stereocenters. The van der Waals surface area contributed by atoms with Crippen LogP contribution in [0.5, 0.6) is 0 Å². The lowest BCUT2D eigenvalue weighted by atomic mass is 10.1. The Morgan fingerprint density at radius 3 is 2.18 bits per heavy atom. The second-order valence-corrected chi connectivity index (χ2v) is 3.09. The highest BCUT2D eigenvalue weighted by Gasteiger charge is 2.13.